The lowest BCUT2D eigenvalue weighted by Crippen LogP contribution is -1.96. The lowest BCUT2D eigenvalue weighted by atomic mass is 9.89. The van der Waals surface area contributed by atoms with Gasteiger partial charge in [-0.2, -0.15) is 0 Å². The molecule has 0 saturated carbocycles. The van der Waals surface area contributed by atoms with Gasteiger partial charge in [0.1, 0.15) is 11.2 Å². The zero-order chi connectivity index (χ0) is 45.4. The number of furan rings is 1. The third kappa shape index (κ3) is 6.41. The molecule has 3 aromatic heterocycles. The Bertz CT molecular complexity index is 4300. The van der Waals surface area contributed by atoms with Crippen LogP contribution in [0.15, 0.2) is 241 Å². The molecule has 0 radical (unpaired) electrons. The second kappa shape index (κ2) is 15.7. The van der Waals surface area contributed by atoms with Crippen molar-refractivity contribution in [2.75, 3.05) is 0 Å². The summed E-state index contributed by atoms with van der Waals surface area (Å²) < 4.78 is 6.73. The van der Waals surface area contributed by atoms with Crippen molar-refractivity contribution < 1.29 is 4.42 Å². The highest BCUT2D eigenvalue weighted by Crippen LogP contribution is 2.47. The Kier molecular flexibility index (Phi) is 8.86. The van der Waals surface area contributed by atoms with Crippen molar-refractivity contribution in [2.24, 2.45) is 0 Å². The van der Waals surface area contributed by atoms with Crippen LogP contribution in [0.25, 0.3) is 143 Å². The third-order valence-electron chi connectivity index (χ3n) is 13.9. The molecular formula is C65H39N3O. The average Bonchev–Trinajstić information content (AvgIpc) is 3.81. The molecule has 0 fully saturated rings. The molecular weight excluding hydrogens is 839 g/mol. The Morgan fingerprint density at radius 3 is 1.45 bits per heavy atom. The SMILES string of the molecule is c1ccc(-c2ccc(-c3nc4ccccc4c4c(-c5ccc(-c6cc(-c7ccc8c9ccccc9c9ccccc9c8c7)nc(-c7ccccc7)n6)cc5)c5c(cc34)oc3ccccc35)cc2)cc1. The van der Waals surface area contributed by atoms with Crippen LogP contribution in [-0.2, 0) is 0 Å². The van der Waals surface area contributed by atoms with Gasteiger partial charge in [0.2, 0.25) is 0 Å². The van der Waals surface area contributed by atoms with Crippen LogP contribution in [0.5, 0.6) is 0 Å². The van der Waals surface area contributed by atoms with E-state index >= 15 is 0 Å². The van der Waals surface area contributed by atoms with Gasteiger partial charge in [0.15, 0.2) is 5.82 Å². The normalized spacial score (nSPS) is 11.8. The maximum Gasteiger partial charge on any atom is 0.160 e. The largest absolute Gasteiger partial charge is 0.456 e. The van der Waals surface area contributed by atoms with Crippen molar-refractivity contribution in [1.29, 1.82) is 0 Å². The van der Waals surface area contributed by atoms with E-state index in [1.54, 1.807) is 0 Å². The van der Waals surface area contributed by atoms with Gasteiger partial charge in [0.05, 0.1) is 22.6 Å². The number of benzene rings is 11. The van der Waals surface area contributed by atoms with Crippen LogP contribution < -0.4 is 0 Å². The van der Waals surface area contributed by atoms with Crippen LogP contribution in [-0.4, -0.2) is 15.0 Å². The van der Waals surface area contributed by atoms with Gasteiger partial charge in [-0.05, 0) is 79.3 Å². The first-order valence-corrected chi connectivity index (χ1v) is 23.4. The second-order valence-corrected chi connectivity index (χ2v) is 17.8. The van der Waals surface area contributed by atoms with Crippen LogP contribution in [0, 0.1) is 0 Å². The number of nitrogens with zero attached hydrogens (tertiary/aromatic N) is 3. The fourth-order valence-electron chi connectivity index (χ4n) is 10.6. The zero-order valence-corrected chi connectivity index (χ0v) is 37.3. The molecule has 14 aromatic rings. The van der Waals surface area contributed by atoms with Gasteiger partial charge in [-0.3, -0.25) is 0 Å². The molecule has 0 N–H and O–H groups in total. The first-order chi connectivity index (χ1) is 34.2. The summed E-state index contributed by atoms with van der Waals surface area (Å²) in [4.78, 5) is 15.9. The van der Waals surface area contributed by atoms with Gasteiger partial charge in [-0.1, -0.05) is 206 Å². The molecule has 0 atom stereocenters. The van der Waals surface area contributed by atoms with Crippen molar-refractivity contribution in [2.45, 2.75) is 0 Å². The number of fused-ring (bicyclic) bond motifs is 12. The van der Waals surface area contributed by atoms with Gasteiger partial charge in [-0.15, -0.1) is 0 Å². The summed E-state index contributed by atoms with van der Waals surface area (Å²) in [6.07, 6.45) is 0. The molecule has 0 bridgehead atoms. The number of para-hydroxylation sites is 2. The van der Waals surface area contributed by atoms with Crippen LogP contribution >= 0.6 is 0 Å². The molecule has 69 heavy (non-hydrogen) atoms. The van der Waals surface area contributed by atoms with Gasteiger partial charge < -0.3 is 4.42 Å². The van der Waals surface area contributed by atoms with E-state index in [4.69, 9.17) is 19.4 Å². The highest BCUT2D eigenvalue weighted by atomic mass is 16.3. The maximum absolute atomic E-state index is 6.73. The zero-order valence-electron chi connectivity index (χ0n) is 37.3. The maximum atomic E-state index is 6.73. The highest BCUT2D eigenvalue weighted by molar-refractivity contribution is 6.28. The summed E-state index contributed by atoms with van der Waals surface area (Å²) in [5, 5.41) is 12.8. The summed E-state index contributed by atoms with van der Waals surface area (Å²) in [6.45, 7) is 0. The van der Waals surface area contributed by atoms with Gasteiger partial charge in [-0.25, -0.2) is 15.0 Å². The molecule has 0 aliphatic rings. The van der Waals surface area contributed by atoms with E-state index < -0.39 is 0 Å². The Labute approximate surface area is 397 Å². The molecule has 14 rings (SSSR count). The van der Waals surface area contributed by atoms with E-state index in [1.807, 2.05) is 24.3 Å². The topological polar surface area (TPSA) is 51.8 Å². The summed E-state index contributed by atoms with van der Waals surface area (Å²) in [5.74, 6) is 0.680. The molecule has 0 aliphatic heterocycles. The van der Waals surface area contributed by atoms with Crippen LogP contribution in [0.3, 0.4) is 0 Å². The van der Waals surface area contributed by atoms with Gasteiger partial charge in [0.25, 0.3) is 0 Å². The van der Waals surface area contributed by atoms with E-state index in [2.05, 4.69) is 212 Å². The van der Waals surface area contributed by atoms with E-state index in [0.29, 0.717) is 5.82 Å². The third-order valence-corrected chi connectivity index (χ3v) is 13.9. The fraction of sp³-hybridized carbons (Fsp3) is 0. The Balaban J connectivity index is 0.961. The van der Waals surface area contributed by atoms with Crippen molar-refractivity contribution in [3.05, 3.63) is 237 Å². The molecule has 4 nitrogen and oxygen atoms in total. The summed E-state index contributed by atoms with van der Waals surface area (Å²) in [5.41, 5.74) is 13.8. The van der Waals surface area contributed by atoms with Crippen molar-refractivity contribution in [3.8, 4) is 67.4 Å². The standard InChI is InChI=1S/C65H39N3O/c1-3-15-40(16-4-1)41-27-33-44(34-28-41)64-55-38-60-63(53-24-12-14-26-59(53)69-60)61(62(55)52-23-11-13-25-56(52)66-64)43-31-29-42(30-32-43)57-39-58(68-65(67-57)45-17-5-2-6-18-45)46-35-36-51-49-21-8-7-19-47(49)48-20-9-10-22-50(48)54(51)37-46/h1-39H. The first-order valence-electron chi connectivity index (χ1n) is 23.4. The van der Waals surface area contributed by atoms with Crippen LogP contribution in [0.4, 0.5) is 0 Å². The lowest BCUT2D eigenvalue weighted by molar-refractivity contribution is 0.669. The van der Waals surface area contributed by atoms with E-state index in [-0.39, 0.29) is 0 Å². The number of hydrogen-bond acceptors (Lipinski definition) is 4. The monoisotopic (exact) mass is 877 g/mol. The van der Waals surface area contributed by atoms with Crippen molar-refractivity contribution in [3.63, 3.8) is 0 Å². The van der Waals surface area contributed by atoms with Crippen LogP contribution in [0.2, 0.25) is 0 Å². The van der Waals surface area contributed by atoms with Crippen LogP contribution in [0.1, 0.15) is 0 Å². The molecule has 320 valence electrons. The molecule has 0 aliphatic carbocycles. The van der Waals surface area contributed by atoms with E-state index in [9.17, 15) is 0 Å². The molecule has 0 saturated heterocycles. The van der Waals surface area contributed by atoms with Gasteiger partial charge in [0, 0.05) is 54.7 Å². The van der Waals surface area contributed by atoms with Crippen molar-refractivity contribution >= 4 is 75.9 Å². The second-order valence-electron chi connectivity index (χ2n) is 17.8. The smallest absolute Gasteiger partial charge is 0.160 e. The summed E-state index contributed by atoms with van der Waals surface area (Å²) >= 11 is 0. The summed E-state index contributed by atoms with van der Waals surface area (Å²) in [7, 11) is 0. The van der Waals surface area contributed by atoms with Gasteiger partial charge >= 0.3 is 0 Å². The number of pyridine rings is 1. The molecule has 4 heteroatoms. The molecule has 3 heterocycles. The lowest BCUT2D eigenvalue weighted by Gasteiger charge is -2.16. The molecule has 0 amide bonds. The van der Waals surface area contributed by atoms with E-state index in [1.165, 1.54) is 37.9 Å². The molecule has 0 unspecified atom stereocenters. The van der Waals surface area contributed by atoms with E-state index in [0.717, 1.165) is 99.6 Å². The number of hydrogen-bond donors (Lipinski definition) is 0. The predicted octanol–water partition coefficient (Wildman–Crippen LogP) is 17.5. The van der Waals surface area contributed by atoms with Crippen molar-refractivity contribution in [1.82, 2.24) is 15.0 Å². The number of rotatable bonds is 6. The minimum Gasteiger partial charge on any atom is -0.456 e. The Morgan fingerprint density at radius 2 is 0.754 bits per heavy atom. The quantitative estimate of drug-likeness (QED) is 0.156. The Hall–Kier alpha value is -9.25. The molecule has 0 spiro atoms. The average molecular weight is 878 g/mol. The minimum absolute atomic E-state index is 0.680. The number of aromatic nitrogens is 3. The minimum atomic E-state index is 0.680. The summed E-state index contributed by atoms with van der Waals surface area (Å²) in [6, 6.07) is 83.8. The Morgan fingerprint density at radius 1 is 0.261 bits per heavy atom. The molecule has 11 aromatic carbocycles. The highest BCUT2D eigenvalue weighted by Gasteiger charge is 2.22. The fourth-order valence-corrected chi connectivity index (χ4v) is 10.6. The first kappa shape index (κ1) is 39.0. The predicted molar refractivity (Wildman–Crippen MR) is 287 cm³/mol.